The van der Waals surface area contributed by atoms with Gasteiger partial charge in [0.15, 0.2) is 0 Å². The Morgan fingerprint density at radius 1 is 0.467 bits per heavy atom. The van der Waals surface area contributed by atoms with Crippen molar-refractivity contribution in [2.45, 2.75) is 55.1 Å². The molecule has 0 aliphatic rings. The number of hydrogen-bond donors (Lipinski definition) is 6. The van der Waals surface area contributed by atoms with E-state index in [1.54, 1.807) is 32.9 Å². The van der Waals surface area contributed by atoms with Crippen molar-refractivity contribution >= 4 is 65.1 Å². The number of carbonyl (C=O) groups is 7. The predicted molar refractivity (Wildman–Crippen MR) is 292 cm³/mol. The highest BCUT2D eigenvalue weighted by Gasteiger charge is 2.39. The van der Waals surface area contributed by atoms with E-state index >= 15 is 0 Å². The first-order valence-corrected chi connectivity index (χ1v) is 26.3. The Balaban J connectivity index is 1.07. The molecule has 17 heteroatoms. The van der Waals surface area contributed by atoms with Crippen LogP contribution in [0.3, 0.4) is 0 Å². The van der Waals surface area contributed by atoms with E-state index in [1.165, 1.54) is 23.5 Å². The molecule has 0 aliphatic carbocycles. The highest BCUT2D eigenvalue weighted by atomic mass is 32.2. The van der Waals surface area contributed by atoms with Crippen LogP contribution in [-0.4, -0.2) is 97.0 Å². The summed E-state index contributed by atoms with van der Waals surface area (Å²) in [7, 11) is 0. The summed E-state index contributed by atoms with van der Waals surface area (Å²) < 4.78 is 10.0. The third-order valence-corrected chi connectivity index (χ3v) is 14.3. The Morgan fingerprint density at radius 3 is 1.33 bits per heavy atom. The maximum atomic E-state index is 14.0. The lowest BCUT2D eigenvalue weighted by Gasteiger charge is -2.36. The van der Waals surface area contributed by atoms with E-state index in [9.17, 15) is 33.6 Å². The highest BCUT2D eigenvalue weighted by molar-refractivity contribution is 8.00. The second kappa shape index (κ2) is 28.5. The molecule has 390 valence electrons. The van der Waals surface area contributed by atoms with Crippen molar-refractivity contribution in [3.05, 3.63) is 215 Å². The molecule has 0 aromatic heterocycles. The molecule has 0 heterocycles. The zero-order valence-corrected chi connectivity index (χ0v) is 43.6. The molecule has 0 radical (unpaired) electrons. The molecule has 15 nitrogen and oxygen atoms in total. The fourth-order valence-electron chi connectivity index (χ4n) is 7.76. The molecule has 6 N–H and O–H groups in total. The Bertz CT molecular complexity index is 2660. The van der Waals surface area contributed by atoms with Crippen LogP contribution in [-0.2, 0) is 49.6 Å². The number of carbonyl (C=O) groups excluding carboxylic acids is 7. The first kappa shape index (κ1) is 56.4. The van der Waals surface area contributed by atoms with Crippen LogP contribution in [0.4, 0.5) is 4.79 Å². The normalized spacial score (nSPS) is 12.0. The third kappa shape index (κ3) is 17.9. The zero-order valence-electron chi connectivity index (χ0n) is 42.0. The van der Waals surface area contributed by atoms with E-state index in [0.29, 0.717) is 0 Å². The van der Waals surface area contributed by atoms with E-state index in [2.05, 4.69) is 31.9 Å². The molecule has 0 fully saturated rings. The minimum Gasteiger partial charge on any atom is -0.459 e. The Kier molecular flexibility index (Phi) is 21.5. The Hall–Kier alpha value is -7.89. The molecule has 0 aliphatic heterocycles. The number of esters is 1. The van der Waals surface area contributed by atoms with Gasteiger partial charge >= 0.3 is 12.1 Å². The van der Waals surface area contributed by atoms with Crippen molar-refractivity contribution in [3.63, 3.8) is 0 Å². The topological polar surface area (TPSA) is 210 Å². The maximum Gasteiger partial charge on any atom is 0.408 e. The number of hydrogen-bond acceptors (Lipinski definition) is 11. The van der Waals surface area contributed by atoms with Crippen molar-refractivity contribution in [2.75, 3.05) is 37.7 Å². The first-order chi connectivity index (χ1) is 36.2. The summed E-state index contributed by atoms with van der Waals surface area (Å²) in [5.41, 5.74) is 4.72. The fraction of sp³-hybridized carbons (Fsp3) is 0.259. The molecule has 0 saturated heterocycles. The van der Waals surface area contributed by atoms with Crippen LogP contribution in [0.25, 0.3) is 0 Å². The molecule has 2 atom stereocenters. The average Bonchev–Trinajstić information content (AvgIpc) is 3.43. The molecule has 0 bridgehead atoms. The number of alkyl carbamates (subject to hydrolysis) is 1. The number of nitrogens with one attached hydrogen (secondary N) is 6. The standard InChI is InChI=1S/C58H62N6O9S2/c1-57(2,3)73-52(68)37-62-54(69)47(39-74-53(42-24-12-5-13-25-42)43-26-14-6-15-27-43)63-51(67)36-60-49(65)34-59-50(66)35-61-55(70)48(64-56(71)72-38-41-22-10-4-11-23-41)40-75-58(44-28-16-7-17-29-44,45-30-18-8-19-31-45)46-32-20-9-21-33-46/h4-33,47-48,53H,34-40H2,1-3H3,(H,59,66)(H,60,65)(H,61,70)(H,62,69)(H,63,67)(H,64,71)/t47-,48-/m0/s1. The second-order valence-corrected chi connectivity index (χ2v) is 20.5. The van der Waals surface area contributed by atoms with Crippen LogP contribution in [0.2, 0.25) is 0 Å². The van der Waals surface area contributed by atoms with Gasteiger partial charge < -0.3 is 41.4 Å². The molecular formula is C58H62N6O9S2. The van der Waals surface area contributed by atoms with Crippen LogP contribution in [0.1, 0.15) is 59.4 Å². The van der Waals surface area contributed by atoms with Crippen LogP contribution in [0, 0.1) is 0 Å². The van der Waals surface area contributed by atoms with Crippen molar-refractivity contribution < 1.29 is 43.0 Å². The van der Waals surface area contributed by atoms with E-state index < -0.39 is 90.2 Å². The summed E-state index contributed by atoms with van der Waals surface area (Å²) in [5.74, 6) is -4.00. The van der Waals surface area contributed by atoms with Gasteiger partial charge in [0, 0.05) is 11.5 Å². The Labute approximate surface area is 446 Å². The fourth-order valence-corrected chi connectivity index (χ4v) is 10.6. The summed E-state index contributed by atoms with van der Waals surface area (Å²) in [6.07, 6.45) is -0.843. The van der Waals surface area contributed by atoms with Gasteiger partial charge in [-0.1, -0.05) is 182 Å². The summed E-state index contributed by atoms with van der Waals surface area (Å²) in [6, 6.07) is 55.6. The van der Waals surface area contributed by atoms with E-state index in [1.807, 2.05) is 170 Å². The highest BCUT2D eigenvalue weighted by Crippen LogP contribution is 2.48. The van der Waals surface area contributed by atoms with Crippen LogP contribution < -0.4 is 31.9 Å². The molecule has 75 heavy (non-hydrogen) atoms. The van der Waals surface area contributed by atoms with Crippen LogP contribution >= 0.6 is 23.5 Å². The van der Waals surface area contributed by atoms with Gasteiger partial charge in [0.05, 0.1) is 29.6 Å². The maximum absolute atomic E-state index is 14.0. The third-order valence-electron chi connectivity index (χ3n) is 11.3. The van der Waals surface area contributed by atoms with Gasteiger partial charge in [0.1, 0.15) is 30.8 Å². The smallest absolute Gasteiger partial charge is 0.408 e. The molecule has 6 rings (SSSR count). The van der Waals surface area contributed by atoms with E-state index in [4.69, 9.17) is 9.47 Å². The minimum absolute atomic E-state index is 0.0304. The summed E-state index contributed by atoms with van der Waals surface area (Å²) in [5, 5.41) is 15.2. The lowest BCUT2D eigenvalue weighted by molar-refractivity contribution is -0.154. The molecule has 6 amide bonds. The van der Waals surface area contributed by atoms with Crippen molar-refractivity contribution in [2.24, 2.45) is 0 Å². The number of thioether (sulfide) groups is 2. The predicted octanol–water partition coefficient (Wildman–Crippen LogP) is 6.82. The zero-order chi connectivity index (χ0) is 53.5. The van der Waals surface area contributed by atoms with Crippen molar-refractivity contribution in [1.29, 1.82) is 0 Å². The van der Waals surface area contributed by atoms with Gasteiger partial charge in [-0.05, 0) is 54.2 Å². The number of rotatable bonds is 25. The number of amides is 6. The monoisotopic (exact) mass is 1050 g/mol. The van der Waals surface area contributed by atoms with Crippen molar-refractivity contribution in [3.8, 4) is 0 Å². The average molecular weight is 1050 g/mol. The lowest BCUT2D eigenvalue weighted by atomic mass is 9.84. The van der Waals surface area contributed by atoms with Gasteiger partial charge in [0.2, 0.25) is 29.5 Å². The van der Waals surface area contributed by atoms with Gasteiger partial charge in [-0.2, -0.15) is 0 Å². The summed E-state index contributed by atoms with van der Waals surface area (Å²) >= 11 is 2.84. The van der Waals surface area contributed by atoms with Gasteiger partial charge in [-0.3, -0.25) is 28.8 Å². The molecule has 6 aromatic rings. The van der Waals surface area contributed by atoms with E-state index in [-0.39, 0.29) is 23.4 Å². The molecular weight excluding hydrogens is 989 g/mol. The summed E-state index contributed by atoms with van der Waals surface area (Å²) in [4.78, 5) is 92.8. The van der Waals surface area contributed by atoms with Crippen molar-refractivity contribution in [1.82, 2.24) is 31.9 Å². The molecule has 0 spiro atoms. The number of ether oxygens (including phenoxy) is 2. The van der Waals surface area contributed by atoms with Gasteiger partial charge in [-0.15, -0.1) is 23.5 Å². The van der Waals surface area contributed by atoms with Crippen LogP contribution in [0.15, 0.2) is 182 Å². The Morgan fingerprint density at radius 2 is 0.867 bits per heavy atom. The lowest BCUT2D eigenvalue weighted by Crippen LogP contribution is -2.52. The molecule has 0 unspecified atom stereocenters. The molecule has 6 aromatic carbocycles. The van der Waals surface area contributed by atoms with E-state index in [0.717, 1.165) is 33.4 Å². The molecule has 0 saturated carbocycles. The summed E-state index contributed by atoms with van der Waals surface area (Å²) in [6.45, 7) is 2.99. The second-order valence-electron chi connectivity index (χ2n) is 18.1. The minimum atomic E-state index is -1.20. The first-order valence-electron chi connectivity index (χ1n) is 24.3. The van der Waals surface area contributed by atoms with Gasteiger partial charge in [-0.25, -0.2) is 4.79 Å². The largest absolute Gasteiger partial charge is 0.459 e. The number of benzene rings is 6. The van der Waals surface area contributed by atoms with Crippen LogP contribution in [0.5, 0.6) is 0 Å². The quantitative estimate of drug-likeness (QED) is 0.0259. The van der Waals surface area contributed by atoms with Gasteiger partial charge in [0.25, 0.3) is 0 Å². The SMILES string of the molecule is CC(C)(C)OC(=O)CNC(=O)[C@H](CSC(c1ccccc1)c1ccccc1)NC(=O)CNC(=O)CNC(=O)CNC(=O)[C@H](CSC(c1ccccc1)(c1ccccc1)c1ccccc1)NC(=O)OCc1ccccc1.